The van der Waals surface area contributed by atoms with Crippen LogP contribution >= 0.6 is 0 Å². The van der Waals surface area contributed by atoms with Crippen molar-refractivity contribution in [3.63, 3.8) is 0 Å². The smallest absolute Gasteiger partial charge is 0.181 e. The Labute approximate surface area is 213 Å². The number of benzene rings is 2. The number of ketones is 1. The molecular weight excluding hydrogens is 444 g/mol. The lowest BCUT2D eigenvalue weighted by atomic mass is 9.76. The van der Waals surface area contributed by atoms with E-state index >= 15 is 0 Å². The van der Waals surface area contributed by atoms with Gasteiger partial charge in [-0.25, -0.2) is 0 Å². The van der Waals surface area contributed by atoms with Crippen LogP contribution in [0.1, 0.15) is 61.9 Å². The number of H-pyrrole nitrogens is 1. The highest BCUT2D eigenvalue weighted by Gasteiger charge is 2.45. The van der Waals surface area contributed by atoms with Crippen molar-refractivity contribution in [1.82, 2.24) is 4.98 Å². The second-order valence-corrected chi connectivity index (χ2v) is 9.85. The molecule has 0 spiro atoms. The van der Waals surface area contributed by atoms with Crippen LogP contribution in [-0.4, -0.2) is 27.6 Å². The molecule has 4 nitrogen and oxygen atoms in total. The Kier molecular flexibility index (Phi) is 7.04. The quantitative estimate of drug-likeness (QED) is 0.322. The number of rotatable bonds is 10. The fraction of sp³-hybridized carbons (Fsp3) is 0.312. The topological polar surface area (TPSA) is 65.5 Å². The van der Waals surface area contributed by atoms with E-state index in [4.69, 9.17) is 4.99 Å². The van der Waals surface area contributed by atoms with Crippen molar-refractivity contribution < 1.29 is 9.90 Å². The summed E-state index contributed by atoms with van der Waals surface area (Å²) in [5, 5.41) is 10.9. The number of nitrogens with one attached hydrogen (secondary N) is 1. The molecule has 0 saturated heterocycles. The van der Waals surface area contributed by atoms with Crippen LogP contribution < -0.4 is 0 Å². The Balaban J connectivity index is 1.28. The number of aliphatic hydroxyl groups excluding tert-OH is 1. The summed E-state index contributed by atoms with van der Waals surface area (Å²) in [6.45, 7) is 4.40. The minimum atomic E-state index is -0.609. The zero-order valence-electron chi connectivity index (χ0n) is 21.1. The average molecular weight is 479 g/mol. The summed E-state index contributed by atoms with van der Waals surface area (Å²) in [6, 6.07) is 20.5. The van der Waals surface area contributed by atoms with Gasteiger partial charge in [-0.1, -0.05) is 81.3 Å². The predicted molar refractivity (Wildman–Crippen MR) is 147 cm³/mol. The average Bonchev–Trinajstić information content (AvgIpc) is 3.57. The van der Waals surface area contributed by atoms with Crippen LogP contribution in [0.15, 0.2) is 83.6 Å². The van der Waals surface area contributed by atoms with Gasteiger partial charge in [-0.2, -0.15) is 0 Å². The molecule has 1 aliphatic heterocycles. The maximum Gasteiger partial charge on any atom is 0.181 e. The summed E-state index contributed by atoms with van der Waals surface area (Å²) in [6.07, 6.45) is 10.8. The monoisotopic (exact) mass is 478 g/mol. The molecule has 4 heteroatoms. The van der Waals surface area contributed by atoms with E-state index in [0.29, 0.717) is 11.3 Å². The highest BCUT2D eigenvalue weighted by molar-refractivity contribution is 6.30. The van der Waals surface area contributed by atoms with Gasteiger partial charge < -0.3 is 10.1 Å². The molecule has 2 atom stereocenters. The van der Waals surface area contributed by atoms with E-state index in [9.17, 15) is 9.90 Å². The SMILES string of the molecule is CCCCc1ccc(C2=NC(C3C(=O)C(c4ccc(-c5ccc(CCCC)cc5)[nH]4)=C3O)C=C2)cc1. The van der Waals surface area contributed by atoms with Crippen molar-refractivity contribution in [3.05, 3.63) is 101 Å². The molecule has 0 radical (unpaired) electrons. The fourth-order valence-corrected chi connectivity index (χ4v) is 5.03. The molecule has 0 bridgehead atoms. The predicted octanol–water partition coefficient (Wildman–Crippen LogP) is 7.26. The Hall–Kier alpha value is -3.66. The first-order chi connectivity index (χ1) is 17.6. The van der Waals surface area contributed by atoms with Gasteiger partial charge in [0, 0.05) is 5.69 Å². The number of allylic oxidation sites excluding steroid dienone is 2. The first kappa shape index (κ1) is 24.1. The van der Waals surface area contributed by atoms with Gasteiger partial charge in [-0.15, -0.1) is 0 Å². The van der Waals surface area contributed by atoms with Crippen LogP contribution in [0.5, 0.6) is 0 Å². The van der Waals surface area contributed by atoms with Gasteiger partial charge >= 0.3 is 0 Å². The molecule has 2 unspecified atom stereocenters. The number of aromatic amines is 1. The molecule has 36 heavy (non-hydrogen) atoms. The van der Waals surface area contributed by atoms with Gasteiger partial charge in [0.25, 0.3) is 0 Å². The third-order valence-electron chi connectivity index (χ3n) is 7.27. The van der Waals surface area contributed by atoms with Gasteiger partial charge in [-0.3, -0.25) is 9.79 Å². The number of Topliss-reactive ketones (excluding diaryl/α,β-unsaturated/α-hetero) is 1. The number of nitrogens with zero attached hydrogens (tertiary/aromatic N) is 1. The molecule has 1 aliphatic carbocycles. The number of aliphatic hydroxyl groups is 1. The van der Waals surface area contributed by atoms with Crippen molar-refractivity contribution in [2.24, 2.45) is 10.9 Å². The van der Waals surface area contributed by atoms with Crippen molar-refractivity contribution >= 4 is 17.1 Å². The van der Waals surface area contributed by atoms with Crippen molar-refractivity contribution in [2.45, 2.75) is 58.4 Å². The van der Waals surface area contributed by atoms with Crippen molar-refractivity contribution in [1.29, 1.82) is 0 Å². The number of aliphatic imine (C=N–C) groups is 1. The lowest BCUT2D eigenvalue weighted by Crippen LogP contribution is -2.37. The number of aromatic nitrogens is 1. The molecule has 2 N–H and O–H groups in total. The summed E-state index contributed by atoms with van der Waals surface area (Å²) in [7, 11) is 0. The third-order valence-corrected chi connectivity index (χ3v) is 7.27. The minimum Gasteiger partial charge on any atom is -0.511 e. The first-order valence-corrected chi connectivity index (χ1v) is 13.2. The normalized spacial score (nSPS) is 19.1. The van der Waals surface area contributed by atoms with Crippen LogP contribution in [0.2, 0.25) is 0 Å². The zero-order valence-corrected chi connectivity index (χ0v) is 21.1. The Bertz CT molecular complexity index is 1320. The molecule has 1 aromatic heterocycles. The number of unbranched alkanes of at least 4 members (excludes halogenated alkanes) is 2. The first-order valence-electron chi connectivity index (χ1n) is 13.2. The number of aryl methyl sites for hydroxylation is 2. The van der Waals surface area contributed by atoms with E-state index in [0.717, 1.165) is 35.4 Å². The molecule has 2 aromatic carbocycles. The zero-order chi connectivity index (χ0) is 25.1. The van der Waals surface area contributed by atoms with Crippen LogP contribution in [0.4, 0.5) is 0 Å². The molecule has 5 rings (SSSR count). The van der Waals surface area contributed by atoms with Crippen molar-refractivity contribution in [3.8, 4) is 11.3 Å². The highest BCUT2D eigenvalue weighted by Crippen LogP contribution is 2.41. The summed E-state index contributed by atoms with van der Waals surface area (Å²) in [5.41, 5.74) is 7.61. The van der Waals surface area contributed by atoms with Gasteiger partial charge in [0.15, 0.2) is 5.78 Å². The standard InChI is InChI=1S/C32H34N2O2/c1-3-5-7-21-9-13-23(14-10-21)25-17-19-27(33-25)29-31(35)30(32(29)36)28-20-18-26(34-28)24-15-11-22(12-16-24)8-6-4-2/h9-20,27,29,34-35H,3-8H2,1-2H3. The molecule has 0 amide bonds. The van der Waals surface area contributed by atoms with Crippen LogP contribution in [0, 0.1) is 5.92 Å². The van der Waals surface area contributed by atoms with E-state index in [2.05, 4.69) is 67.4 Å². The molecular formula is C32H34N2O2. The Morgan fingerprint density at radius 2 is 1.39 bits per heavy atom. The Morgan fingerprint density at radius 1 is 0.806 bits per heavy atom. The summed E-state index contributed by atoms with van der Waals surface area (Å²) in [4.78, 5) is 21.2. The molecule has 3 aromatic rings. The summed E-state index contributed by atoms with van der Waals surface area (Å²) in [5.74, 6) is -0.551. The second-order valence-electron chi connectivity index (χ2n) is 9.85. The number of carbonyl (C=O) groups excluding carboxylic acids is 1. The van der Waals surface area contributed by atoms with Crippen molar-refractivity contribution in [2.75, 3.05) is 0 Å². The summed E-state index contributed by atoms with van der Waals surface area (Å²) >= 11 is 0. The molecule has 0 saturated carbocycles. The van der Waals surface area contributed by atoms with Crippen LogP contribution in [0.25, 0.3) is 16.8 Å². The third kappa shape index (κ3) is 4.73. The lowest BCUT2D eigenvalue weighted by molar-refractivity contribution is -0.119. The lowest BCUT2D eigenvalue weighted by Gasteiger charge is -2.29. The second kappa shape index (κ2) is 10.5. The number of hydrogen-bond acceptors (Lipinski definition) is 3. The van der Waals surface area contributed by atoms with E-state index < -0.39 is 5.92 Å². The van der Waals surface area contributed by atoms with Gasteiger partial charge in [0.1, 0.15) is 11.7 Å². The molecule has 0 fully saturated rings. The number of hydrogen-bond donors (Lipinski definition) is 2. The highest BCUT2D eigenvalue weighted by atomic mass is 16.3. The van der Waals surface area contributed by atoms with E-state index in [1.54, 1.807) is 0 Å². The largest absolute Gasteiger partial charge is 0.511 e. The summed E-state index contributed by atoms with van der Waals surface area (Å²) < 4.78 is 0. The van der Waals surface area contributed by atoms with E-state index in [1.165, 1.54) is 36.8 Å². The minimum absolute atomic E-state index is 0.0645. The maximum atomic E-state index is 13.1. The van der Waals surface area contributed by atoms with E-state index in [1.807, 2.05) is 24.3 Å². The number of carbonyl (C=O) groups is 1. The van der Waals surface area contributed by atoms with Gasteiger partial charge in [0.2, 0.25) is 0 Å². The van der Waals surface area contributed by atoms with E-state index in [-0.39, 0.29) is 17.6 Å². The molecule has 2 heterocycles. The van der Waals surface area contributed by atoms with Crippen LogP contribution in [0.3, 0.4) is 0 Å². The van der Waals surface area contributed by atoms with Gasteiger partial charge in [-0.05, 0) is 66.1 Å². The maximum absolute atomic E-state index is 13.1. The fourth-order valence-electron chi connectivity index (χ4n) is 5.03. The molecule has 2 aliphatic rings. The molecule has 184 valence electrons. The Morgan fingerprint density at radius 3 is 1.97 bits per heavy atom. The van der Waals surface area contributed by atoms with Gasteiger partial charge in [0.05, 0.1) is 23.0 Å². The van der Waals surface area contributed by atoms with Crippen LogP contribution in [-0.2, 0) is 17.6 Å².